The van der Waals surface area contributed by atoms with Crippen LogP contribution in [-0.4, -0.2) is 14.5 Å². The number of benzene rings is 1. The maximum Gasteiger partial charge on any atom is 0.116 e. The van der Waals surface area contributed by atoms with Crippen molar-refractivity contribution in [3.63, 3.8) is 0 Å². The summed E-state index contributed by atoms with van der Waals surface area (Å²) in [4.78, 5) is 8.40. The average Bonchev–Trinajstić information content (AvgIpc) is 2.54. The average molecular weight is 197 g/mol. The zero-order valence-electron chi connectivity index (χ0n) is 8.73. The van der Waals surface area contributed by atoms with Crippen LogP contribution in [0.2, 0.25) is 0 Å². The summed E-state index contributed by atoms with van der Waals surface area (Å²) in [5, 5.41) is 1.20. The largest absolute Gasteiger partial charge is 0.341 e. The van der Waals surface area contributed by atoms with E-state index in [-0.39, 0.29) is 0 Å². The molecule has 0 N–H and O–H groups in total. The van der Waals surface area contributed by atoms with Gasteiger partial charge in [0.25, 0.3) is 0 Å². The lowest BCUT2D eigenvalue weighted by Gasteiger charge is -1.96. The van der Waals surface area contributed by atoms with Crippen LogP contribution >= 0.6 is 0 Å². The summed E-state index contributed by atoms with van der Waals surface area (Å²) in [7, 11) is 2.04. The molecule has 0 amide bonds. The second kappa shape index (κ2) is 2.79. The fourth-order valence-corrected chi connectivity index (χ4v) is 2.04. The molecule has 0 aliphatic rings. The second-order valence-corrected chi connectivity index (χ2v) is 3.84. The van der Waals surface area contributed by atoms with Gasteiger partial charge in [-0.05, 0) is 19.1 Å². The van der Waals surface area contributed by atoms with Crippen LogP contribution in [0.5, 0.6) is 0 Å². The van der Waals surface area contributed by atoms with E-state index in [4.69, 9.17) is 0 Å². The van der Waals surface area contributed by atoms with Crippen molar-refractivity contribution in [1.29, 1.82) is 0 Å². The number of aryl methyl sites for hydroxylation is 2. The third-order valence-electron chi connectivity index (χ3n) is 2.82. The molecule has 15 heavy (non-hydrogen) atoms. The molecule has 0 bridgehead atoms. The molecular weight excluding hydrogens is 186 g/mol. The number of aromatic nitrogens is 3. The van der Waals surface area contributed by atoms with E-state index in [0.29, 0.717) is 0 Å². The molecule has 74 valence electrons. The van der Waals surface area contributed by atoms with Crippen LogP contribution < -0.4 is 0 Å². The minimum Gasteiger partial charge on any atom is -0.341 e. The Morgan fingerprint density at radius 2 is 2.07 bits per heavy atom. The van der Waals surface area contributed by atoms with Crippen molar-refractivity contribution in [3.8, 4) is 0 Å². The molecule has 0 spiro atoms. The lowest BCUT2D eigenvalue weighted by Crippen LogP contribution is -1.87. The van der Waals surface area contributed by atoms with E-state index in [2.05, 4.69) is 39.7 Å². The molecule has 0 unspecified atom stereocenters. The van der Waals surface area contributed by atoms with Crippen molar-refractivity contribution in [3.05, 3.63) is 36.3 Å². The molecule has 2 aromatic heterocycles. The van der Waals surface area contributed by atoms with Crippen molar-refractivity contribution in [2.75, 3.05) is 0 Å². The van der Waals surface area contributed by atoms with E-state index in [1.165, 1.54) is 16.5 Å². The van der Waals surface area contributed by atoms with E-state index in [0.717, 1.165) is 11.0 Å². The third kappa shape index (κ3) is 1.06. The lowest BCUT2D eigenvalue weighted by molar-refractivity contribution is 1.00. The number of hydrogen-bond donors (Lipinski definition) is 0. The zero-order valence-corrected chi connectivity index (χ0v) is 8.73. The molecule has 1 aromatic carbocycles. The molecule has 0 radical (unpaired) electrons. The Kier molecular flexibility index (Phi) is 1.57. The lowest BCUT2D eigenvalue weighted by atomic mass is 10.2. The minimum atomic E-state index is 1.03. The summed E-state index contributed by atoms with van der Waals surface area (Å²) in [6.45, 7) is 2.10. The third-order valence-corrected chi connectivity index (χ3v) is 2.82. The summed E-state index contributed by atoms with van der Waals surface area (Å²) in [5.74, 6) is 0. The van der Waals surface area contributed by atoms with Crippen LogP contribution in [0.15, 0.2) is 30.7 Å². The topological polar surface area (TPSA) is 30.7 Å². The Bertz CT molecular complexity index is 652. The smallest absolute Gasteiger partial charge is 0.116 e. The highest BCUT2D eigenvalue weighted by Gasteiger charge is 2.08. The molecule has 3 aromatic rings. The van der Waals surface area contributed by atoms with E-state index in [1.54, 1.807) is 6.33 Å². The maximum absolute atomic E-state index is 4.34. The van der Waals surface area contributed by atoms with Gasteiger partial charge < -0.3 is 4.57 Å². The van der Waals surface area contributed by atoms with Crippen molar-refractivity contribution >= 4 is 21.9 Å². The Hall–Kier alpha value is -1.90. The molecular formula is C12H11N3. The fourth-order valence-electron chi connectivity index (χ4n) is 2.04. The molecule has 0 atom stereocenters. The number of fused-ring (bicyclic) bond motifs is 3. The molecule has 2 heterocycles. The van der Waals surface area contributed by atoms with E-state index >= 15 is 0 Å². The van der Waals surface area contributed by atoms with Gasteiger partial charge in [-0.3, -0.25) is 0 Å². The van der Waals surface area contributed by atoms with Crippen molar-refractivity contribution in [1.82, 2.24) is 14.5 Å². The monoisotopic (exact) mass is 197 g/mol. The molecule has 0 aliphatic heterocycles. The number of rotatable bonds is 0. The van der Waals surface area contributed by atoms with Crippen molar-refractivity contribution in [2.45, 2.75) is 6.92 Å². The summed E-state index contributed by atoms with van der Waals surface area (Å²) >= 11 is 0. The summed E-state index contributed by atoms with van der Waals surface area (Å²) in [6.07, 6.45) is 3.46. The minimum absolute atomic E-state index is 1.03. The van der Waals surface area contributed by atoms with Gasteiger partial charge in [0.1, 0.15) is 6.33 Å². The highest BCUT2D eigenvalue weighted by molar-refractivity contribution is 6.05. The first kappa shape index (κ1) is 8.41. The SMILES string of the molecule is Cc1ccc2c(c1)c1ncncc1n2C. The quantitative estimate of drug-likeness (QED) is 0.554. The summed E-state index contributed by atoms with van der Waals surface area (Å²) < 4.78 is 2.13. The van der Waals surface area contributed by atoms with Gasteiger partial charge in [-0.2, -0.15) is 0 Å². The van der Waals surface area contributed by atoms with Gasteiger partial charge in [-0.25, -0.2) is 9.97 Å². The summed E-state index contributed by atoms with van der Waals surface area (Å²) in [5.41, 5.74) is 4.58. The molecule has 0 saturated heterocycles. The van der Waals surface area contributed by atoms with Crippen LogP contribution in [0.4, 0.5) is 0 Å². The van der Waals surface area contributed by atoms with Gasteiger partial charge in [0, 0.05) is 12.4 Å². The van der Waals surface area contributed by atoms with Gasteiger partial charge in [0.15, 0.2) is 0 Å². The standard InChI is InChI=1S/C12H11N3/c1-8-3-4-10-9(5-8)12-11(15(10)2)6-13-7-14-12/h3-7H,1-2H3. The zero-order chi connectivity index (χ0) is 10.4. The van der Waals surface area contributed by atoms with Gasteiger partial charge in [0.05, 0.1) is 22.7 Å². The Balaban J connectivity index is 2.64. The second-order valence-electron chi connectivity index (χ2n) is 3.84. The first-order valence-corrected chi connectivity index (χ1v) is 4.92. The molecule has 3 nitrogen and oxygen atoms in total. The maximum atomic E-state index is 4.34. The Labute approximate surface area is 87.4 Å². The van der Waals surface area contributed by atoms with Crippen LogP contribution in [0.3, 0.4) is 0 Å². The van der Waals surface area contributed by atoms with Crippen molar-refractivity contribution in [2.24, 2.45) is 7.05 Å². The van der Waals surface area contributed by atoms with E-state index in [9.17, 15) is 0 Å². The summed E-state index contributed by atoms with van der Waals surface area (Å²) in [6, 6.07) is 6.42. The van der Waals surface area contributed by atoms with Gasteiger partial charge in [0.2, 0.25) is 0 Å². The highest BCUT2D eigenvalue weighted by Crippen LogP contribution is 2.26. The van der Waals surface area contributed by atoms with Crippen LogP contribution in [0, 0.1) is 6.92 Å². The Morgan fingerprint density at radius 1 is 1.20 bits per heavy atom. The van der Waals surface area contributed by atoms with E-state index in [1.807, 2.05) is 13.2 Å². The molecule has 3 rings (SSSR count). The molecule has 0 fully saturated rings. The highest BCUT2D eigenvalue weighted by atomic mass is 15.0. The van der Waals surface area contributed by atoms with Crippen LogP contribution in [0.1, 0.15) is 5.56 Å². The first-order valence-electron chi connectivity index (χ1n) is 4.92. The van der Waals surface area contributed by atoms with Crippen LogP contribution in [0.25, 0.3) is 21.9 Å². The fraction of sp³-hybridized carbons (Fsp3) is 0.167. The molecule has 0 saturated carbocycles. The van der Waals surface area contributed by atoms with Crippen molar-refractivity contribution < 1.29 is 0 Å². The normalized spacial score (nSPS) is 11.3. The first-order chi connectivity index (χ1) is 7.27. The Morgan fingerprint density at radius 3 is 2.93 bits per heavy atom. The predicted octanol–water partition coefficient (Wildman–Crippen LogP) is 2.43. The number of nitrogens with zero attached hydrogens (tertiary/aromatic N) is 3. The van der Waals surface area contributed by atoms with Crippen LogP contribution in [-0.2, 0) is 7.05 Å². The predicted molar refractivity (Wildman–Crippen MR) is 60.8 cm³/mol. The van der Waals surface area contributed by atoms with E-state index < -0.39 is 0 Å². The van der Waals surface area contributed by atoms with Gasteiger partial charge >= 0.3 is 0 Å². The van der Waals surface area contributed by atoms with Gasteiger partial charge in [-0.15, -0.1) is 0 Å². The molecule has 0 aliphatic carbocycles. The molecule has 3 heteroatoms. The van der Waals surface area contributed by atoms with Gasteiger partial charge in [-0.1, -0.05) is 11.6 Å². The number of hydrogen-bond acceptors (Lipinski definition) is 2.